The van der Waals surface area contributed by atoms with Gasteiger partial charge < -0.3 is 10.1 Å². The quantitative estimate of drug-likeness (QED) is 0.623. The Kier molecular flexibility index (Phi) is 9.86. The van der Waals surface area contributed by atoms with Gasteiger partial charge in [-0.2, -0.15) is 11.8 Å². The monoisotopic (exact) mass is 281 g/mol. The summed E-state index contributed by atoms with van der Waals surface area (Å²) in [5.41, 5.74) is 2.59. The molecule has 0 unspecified atom stereocenters. The lowest BCUT2D eigenvalue weighted by molar-refractivity contribution is 0.185. The summed E-state index contributed by atoms with van der Waals surface area (Å²) < 4.78 is 5.15. The molecular formula is C16H27NOS. The lowest BCUT2D eigenvalue weighted by Crippen LogP contribution is -2.14. The molecule has 0 saturated carbocycles. The molecule has 108 valence electrons. The van der Waals surface area contributed by atoms with Crippen molar-refractivity contribution in [1.82, 2.24) is 5.32 Å². The molecule has 0 saturated heterocycles. The molecule has 0 heterocycles. The van der Waals surface area contributed by atoms with Gasteiger partial charge in [0, 0.05) is 13.7 Å². The molecule has 0 aliphatic carbocycles. The second kappa shape index (κ2) is 11.3. The van der Waals surface area contributed by atoms with E-state index in [1.54, 1.807) is 7.11 Å². The van der Waals surface area contributed by atoms with E-state index in [9.17, 15) is 0 Å². The highest BCUT2D eigenvalue weighted by Gasteiger charge is 1.96. The van der Waals surface area contributed by atoms with Crippen LogP contribution in [0, 0.1) is 0 Å². The summed E-state index contributed by atoms with van der Waals surface area (Å²) in [5.74, 6) is 1.31. The Labute approximate surface area is 122 Å². The third kappa shape index (κ3) is 8.30. The standard InChI is InChI=1S/C16H27NOS/c1-18-14-16-9-7-8-15(12-16)13-17-10-5-3-4-6-11-19-2/h7-9,12,17H,3-6,10-11,13-14H2,1-2H3. The van der Waals surface area contributed by atoms with Crippen LogP contribution in [0.15, 0.2) is 24.3 Å². The van der Waals surface area contributed by atoms with Crippen LogP contribution in [-0.4, -0.2) is 25.7 Å². The van der Waals surface area contributed by atoms with E-state index in [-0.39, 0.29) is 0 Å². The Morgan fingerprint density at radius 1 is 1.11 bits per heavy atom. The second-order valence-corrected chi connectivity index (χ2v) is 5.82. The van der Waals surface area contributed by atoms with Crippen molar-refractivity contribution in [3.8, 4) is 0 Å². The Hall–Kier alpha value is -0.510. The average molecular weight is 281 g/mol. The zero-order valence-electron chi connectivity index (χ0n) is 12.3. The molecule has 0 aromatic heterocycles. The van der Waals surface area contributed by atoms with E-state index in [2.05, 4.69) is 35.8 Å². The van der Waals surface area contributed by atoms with E-state index in [4.69, 9.17) is 4.74 Å². The number of ether oxygens (including phenoxy) is 1. The minimum atomic E-state index is 0.698. The van der Waals surface area contributed by atoms with E-state index in [1.165, 1.54) is 42.6 Å². The van der Waals surface area contributed by atoms with Gasteiger partial charge in [-0.3, -0.25) is 0 Å². The smallest absolute Gasteiger partial charge is 0.0713 e. The second-order valence-electron chi connectivity index (χ2n) is 4.84. The Balaban J connectivity index is 2.07. The molecule has 0 amide bonds. The van der Waals surface area contributed by atoms with Gasteiger partial charge in [-0.05, 0) is 42.5 Å². The first-order valence-corrected chi connectivity index (χ1v) is 8.52. The topological polar surface area (TPSA) is 21.3 Å². The summed E-state index contributed by atoms with van der Waals surface area (Å²) in [6, 6.07) is 8.60. The fourth-order valence-electron chi connectivity index (χ4n) is 2.08. The van der Waals surface area contributed by atoms with Gasteiger partial charge in [-0.15, -0.1) is 0 Å². The summed E-state index contributed by atoms with van der Waals surface area (Å²) in [6.07, 6.45) is 7.54. The summed E-state index contributed by atoms with van der Waals surface area (Å²) in [5, 5.41) is 3.52. The largest absolute Gasteiger partial charge is 0.380 e. The van der Waals surface area contributed by atoms with Gasteiger partial charge in [0.2, 0.25) is 0 Å². The van der Waals surface area contributed by atoms with Crippen LogP contribution in [0.4, 0.5) is 0 Å². The Morgan fingerprint density at radius 3 is 2.68 bits per heavy atom. The maximum atomic E-state index is 5.15. The van der Waals surface area contributed by atoms with E-state index in [0.717, 1.165) is 13.1 Å². The minimum Gasteiger partial charge on any atom is -0.380 e. The summed E-state index contributed by atoms with van der Waals surface area (Å²) in [6.45, 7) is 2.78. The SMILES string of the molecule is COCc1cccc(CNCCCCCCSC)c1. The molecule has 0 fully saturated rings. The van der Waals surface area contributed by atoms with Crippen molar-refractivity contribution in [3.63, 3.8) is 0 Å². The van der Waals surface area contributed by atoms with Gasteiger partial charge in [0.15, 0.2) is 0 Å². The number of thioether (sulfide) groups is 1. The molecule has 2 nitrogen and oxygen atoms in total. The van der Waals surface area contributed by atoms with E-state index < -0.39 is 0 Å². The average Bonchev–Trinajstić information content (AvgIpc) is 2.43. The third-order valence-corrected chi connectivity index (χ3v) is 3.78. The maximum absolute atomic E-state index is 5.15. The van der Waals surface area contributed by atoms with Crippen LogP contribution in [0.3, 0.4) is 0 Å². The van der Waals surface area contributed by atoms with Gasteiger partial charge in [0.1, 0.15) is 0 Å². The number of rotatable bonds is 11. The van der Waals surface area contributed by atoms with Crippen molar-refractivity contribution < 1.29 is 4.74 Å². The first-order chi connectivity index (χ1) is 9.36. The number of hydrogen-bond donors (Lipinski definition) is 1. The zero-order valence-corrected chi connectivity index (χ0v) is 13.1. The molecule has 1 aromatic rings. The molecule has 0 aliphatic rings. The summed E-state index contributed by atoms with van der Waals surface area (Å²) >= 11 is 1.95. The number of methoxy groups -OCH3 is 1. The number of hydrogen-bond acceptors (Lipinski definition) is 3. The van der Waals surface area contributed by atoms with Gasteiger partial charge in [0.05, 0.1) is 6.61 Å². The maximum Gasteiger partial charge on any atom is 0.0713 e. The van der Waals surface area contributed by atoms with E-state index in [0.29, 0.717) is 6.61 Å². The lowest BCUT2D eigenvalue weighted by atomic mass is 10.1. The minimum absolute atomic E-state index is 0.698. The molecule has 1 aromatic carbocycles. The van der Waals surface area contributed by atoms with Gasteiger partial charge in [0.25, 0.3) is 0 Å². The first kappa shape index (κ1) is 16.5. The van der Waals surface area contributed by atoms with E-state index in [1.807, 2.05) is 11.8 Å². The molecule has 0 bridgehead atoms. The van der Waals surface area contributed by atoms with Crippen molar-refractivity contribution >= 4 is 11.8 Å². The lowest BCUT2D eigenvalue weighted by Gasteiger charge is -2.07. The van der Waals surface area contributed by atoms with Crippen LogP contribution in [0.5, 0.6) is 0 Å². The molecule has 19 heavy (non-hydrogen) atoms. The Morgan fingerprint density at radius 2 is 1.89 bits per heavy atom. The van der Waals surface area contributed by atoms with Crippen molar-refractivity contribution in [1.29, 1.82) is 0 Å². The van der Waals surface area contributed by atoms with E-state index >= 15 is 0 Å². The fourth-order valence-corrected chi connectivity index (χ4v) is 2.57. The highest BCUT2D eigenvalue weighted by Crippen LogP contribution is 2.07. The van der Waals surface area contributed by atoms with Crippen LogP contribution in [0.2, 0.25) is 0 Å². The predicted molar refractivity (Wildman–Crippen MR) is 85.7 cm³/mol. The van der Waals surface area contributed by atoms with Crippen LogP contribution in [0.1, 0.15) is 36.8 Å². The molecule has 0 radical (unpaired) electrons. The molecule has 0 atom stereocenters. The number of benzene rings is 1. The highest BCUT2D eigenvalue weighted by atomic mass is 32.2. The summed E-state index contributed by atoms with van der Waals surface area (Å²) in [7, 11) is 1.74. The van der Waals surface area contributed by atoms with Crippen molar-refractivity contribution in [3.05, 3.63) is 35.4 Å². The van der Waals surface area contributed by atoms with Crippen LogP contribution in [-0.2, 0) is 17.9 Å². The van der Waals surface area contributed by atoms with Gasteiger partial charge >= 0.3 is 0 Å². The van der Waals surface area contributed by atoms with Crippen molar-refractivity contribution in [2.75, 3.05) is 25.7 Å². The van der Waals surface area contributed by atoms with Gasteiger partial charge in [-0.1, -0.05) is 37.1 Å². The third-order valence-electron chi connectivity index (χ3n) is 3.08. The van der Waals surface area contributed by atoms with Crippen LogP contribution >= 0.6 is 11.8 Å². The normalized spacial score (nSPS) is 10.8. The van der Waals surface area contributed by atoms with Crippen molar-refractivity contribution in [2.24, 2.45) is 0 Å². The molecular weight excluding hydrogens is 254 g/mol. The molecule has 1 N–H and O–H groups in total. The molecule has 0 aliphatic heterocycles. The number of nitrogens with one attached hydrogen (secondary N) is 1. The summed E-state index contributed by atoms with van der Waals surface area (Å²) in [4.78, 5) is 0. The fraction of sp³-hybridized carbons (Fsp3) is 0.625. The zero-order chi connectivity index (χ0) is 13.8. The first-order valence-electron chi connectivity index (χ1n) is 7.13. The highest BCUT2D eigenvalue weighted by molar-refractivity contribution is 7.98. The predicted octanol–water partition coefficient (Wildman–Crippen LogP) is 3.85. The van der Waals surface area contributed by atoms with Crippen LogP contribution < -0.4 is 5.32 Å². The molecule has 1 rings (SSSR count). The van der Waals surface area contributed by atoms with Crippen molar-refractivity contribution in [2.45, 2.75) is 38.8 Å². The molecule has 0 spiro atoms. The molecule has 3 heteroatoms. The van der Waals surface area contributed by atoms with Gasteiger partial charge in [-0.25, -0.2) is 0 Å². The van der Waals surface area contributed by atoms with Crippen LogP contribution in [0.25, 0.3) is 0 Å². The number of unbranched alkanes of at least 4 members (excludes halogenated alkanes) is 3. The Bertz CT molecular complexity index is 330.